The number of esters is 1. The number of carbonyl (C=O) groups excluding carboxylic acids is 4. The van der Waals surface area contributed by atoms with E-state index in [9.17, 15) is 19.2 Å². The summed E-state index contributed by atoms with van der Waals surface area (Å²) in [5.74, 6) is -0.373. The van der Waals surface area contributed by atoms with Gasteiger partial charge in [0.2, 0.25) is 0 Å². The molecule has 0 saturated heterocycles. The number of unbranched alkanes of at least 4 members (excludes halogenated alkanes) is 4. The van der Waals surface area contributed by atoms with Gasteiger partial charge in [-0.1, -0.05) is 63.8 Å². The van der Waals surface area contributed by atoms with E-state index in [0.29, 0.717) is 24.2 Å². The number of benzene rings is 2. The summed E-state index contributed by atoms with van der Waals surface area (Å²) in [6.45, 7) is 6.16. The Balaban J connectivity index is 2.08. The Morgan fingerprint density at radius 1 is 0.750 bits per heavy atom. The quantitative estimate of drug-likeness (QED) is 0.0858. The van der Waals surface area contributed by atoms with Gasteiger partial charge in [-0.3, -0.25) is 4.79 Å². The molecule has 0 fully saturated rings. The first kappa shape index (κ1) is 35.9. The van der Waals surface area contributed by atoms with Gasteiger partial charge in [0, 0.05) is 6.54 Å². The summed E-state index contributed by atoms with van der Waals surface area (Å²) in [6, 6.07) is 12.1. The summed E-state index contributed by atoms with van der Waals surface area (Å²) < 4.78 is 36.2. The molecule has 12 nitrogen and oxygen atoms in total. The summed E-state index contributed by atoms with van der Waals surface area (Å²) in [5, 5.41) is 3.02. The number of rotatable bonds is 18. The predicted molar refractivity (Wildman–Crippen MR) is 160 cm³/mol. The Morgan fingerprint density at radius 2 is 1.36 bits per heavy atom. The van der Waals surface area contributed by atoms with Crippen molar-refractivity contribution >= 4 is 24.4 Å². The van der Waals surface area contributed by atoms with E-state index in [1.54, 1.807) is 43.3 Å². The minimum absolute atomic E-state index is 0.0544. The van der Waals surface area contributed by atoms with Gasteiger partial charge in [-0.2, -0.15) is 0 Å². The van der Waals surface area contributed by atoms with Gasteiger partial charge in [0.25, 0.3) is 0 Å². The van der Waals surface area contributed by atoms with Crippen LogP contribution in [0, 0.1) is 0 Å². The van der Waals surface area contributed by atoms with Gasteiger partial charge in [-0.25, -0.2) is 14.4 Å². The zero-order valence-electron chi connectivity index (χ0n) is 25.8. The second kappa shape index (κ2) is 20.6. The third kappa shape index (κ3) is 14.2. The van der Waals surface area contributed by atoms with Crippen LogP contribution in [0.15, 0.2) is 48.5 Å². The van der Waals surface area contributed by atoms with Crippen LogP contribution in [0.1, 0.15) is 64.9 Å². The molecule has 242 valence electrons. The molecule has 1 N–H and O–H groups in total. The van der Waals surface area contributed by atoms with Crippen LogP contribution in [0.25, 0.3) is 0 Å². The largest absolute Gasteiger partial charge is 0.514 e. The van der Waals surface area contributed by atoms with Crippen molar-refractivity contribution < 1.29 is 52.3 Å². The van der Waals surface area contributed by atoms with Crippen molar-refractivity contribution in [3.05, 3.63) is 54.1 Å². The Bertz CT molecular complexity index is 1170. The number of nitrogens with one attached hydrogen (secondary N) is 1. The molecule has 0 aliphatic heterocycles. The topological polar surface area (TPSA) is 145 Å². The van der Waals surface area contributed by atoms with Crippen LogP contribution < -0.4 is 19.5 Å². The van der Waals surface area contributed by atoms with Crippen molar-refractivity contribution in [1.82, 2.24) is 5.32 Å². The van der Waals surface area contributed by atoms with Crippen LogP contribution >= 0.6 is 0 Å². The van der Waals surface area contributed by atoms with Gasteiger partial charge >= 0.3 is 24.4 Å². The van der Waals surface area contributed by atoms with Crippen LogP contribution in [0.2, 0.25) is 0 Å². The smallest absolute Gasteiger partial charge is 0.468 e. The first-order valence-electron chi connectivity index (χ1n) is 14.8. The molecule has 0 bridgehead atoms. The summed E-state index contributed by atoms with van der Waals surface area (Å²) in [5.41, 5.74) is 0.544. The van der Waals surface area contributed by atoms with E-state index in [1.807, 2.05) is 13.8 Å². The van der Waals surface area contributed by atoms with E-state index in [4.69, 9.17) is 33.2 Å². The number of para-hydroxylation sites is 1. The monoisotopic (exact) mass is 617 g/mol. The lowest BCUT2D eigenvalue weighted by molar-refractivity contribution is -0.143. The predicted octanol–water partition coefficient (Wildman–Crippen LogP) is 6.38. The van der Waals surface area contributed by atoms with Gasteiger partial charge < -0.3 is 38.5 Å². The second-order valence-corrected chi connectivity index (χ2v) is 9.88. The molecule has 0 radical (unpaired) electrons. The summed E-state index contributed by atoms with van der Waals surface area (Å²) >= 11 is 0. The Kier molecular flexibility index (Phi) is 16.8. The minimum atomic E-state index is -0.963. The number of hydrogen-bond acceptors (Lipinski definition) is 12. The Labute approximate surface area is 258 Å². The van der Waals surface area contributed by atoms with Crippen LogP contribution in [0.3, 0.4) is 0 Å². The lowest BCUT2D eigenvalue weighted by atomic mass is 10.0. The lowest BCUT2D eigenvalue weighted by Gasteiger charge is -2.20. The first-order chi connectivity index (χ1) is 21.2. The van der Waals surface area contributed by atoms with Gasteiger partial charge in [0.1, 0.15) is 17.9 Å². The Morgan fingerprint density at radius 3 is 1.95 bits per heavy atom. The molecule has 0 spiro atoms. The van der Waals surface area contributed by atoms with Crippen molar-refractivity contribution in [1.29, 1.82) is 0 Å². The molecule has 12 heteroatoms. The summed E-state index contributed by atoms with van der Waals surface area (Å²) in [7, 11) is 1.25. The molecule has 2 aromatic carbocycles. The fraction of sp³-hybridized carbons (Fsp3) is 0.500. The SMILES string of the molecule is CCCCCOC(=O)Oc1ccc(C[C@H](NCC(C)OC(=O)Oc2ccccc2)C(=O)OC)cc1OC(=O)OCCCCC. The van der Waals surface area contributed by atoms with Crippen LogP contribution in [0.4, 0.5) is 14.4 Å². The summed E-state index contributed by atoms with van der Waals surface area (Å²) in [6.07, 6.45) is 1.73. The highest BCUT2D eigenvalue weighted by atomic mass is 16.7. The highest BCUT2D eigenvalue weighted by Crippen LogP contribution is 2.30. The van der Waals surface area contributed by atoms with E-state index in [0.717, 1.165) is 25.7 Å². The van der Waals surface area contributed by atoms with Crippen LogP contribution in [0.5, 0.6) is 17.2 Å². The zero-order chi connectivity index (χ0) is 32.2. The van der Waals surface area contributed by atoms with Gasteiger partial charge in [-0.05, 0) is 56.0 Å². The fourth-order valence-corrected chi connectivity index (χ4v) is 3.84. The molecule has 1 unspecified atom stereocenters. The van der Waals surface area contributed by atoms with E-state index < -0.39 is 36.6 Å². The van der Waals surface area contributed by atoms with E-state index >= 15 is 0 Å². The minimum Gasteiger partial charge on any atom is -0.468 e. The number of ether oxygens (including phenoxy) is 7. The van der Waals surface area contributed by atoms with Gasteiger partial charge in [0.05, 0.1) is 20.3 Å². The lowest BCUT2D eigenvalue weighted by Crippen LogP contribution is -2.43. The molecule has 0 saturated carbocycles. The van der Waals surface area contributed by atoms with Crippen molar-refractivity contribution in [2.24, 2.45) is 0 Å². The second-order valence-electron chi connectivity index (χ2n) is 9.88. The average Bonchev–Trinajstić information content (AvgIpc) is 3.00. The number of hydrogen-bond donors (Lipinski definition) is 1. The van der Waals surface area contributed by atoms with Crippen molar-refractivity contribution in [2.75, 3.05) is 26.9 Å². The molecule has 0 heterocycles. The molecular formula is C32H43NO11. The number of carbonyl (C=O) groups is 4. The van der Waals surface area contributed by atoms with E-state index in [2.05, 4.69) is 5.32 Å². The molecule has 2 rings (SSSR count). The third-order valence-electron chi connectivity index (χ3n) is 6.15. The molecule has 0 amide bonds. The fourth-order valence-electron chi connectivity index (χ4n) is 3.84. The summed E-state index contributed by atoms with van der Waals surface area (Å²) in [4.78, 5) is 49.3. The van der Waals surface area contributed by atoms with Crippen molar-refractivity contribution in [2.45, 2.75) is 77.9 Å². The van der Waals surface area contributed by atoms with Crippen molar-refractivity contribution in [3.63, 3.8) is 0 Å². The molecule has 44 heavy (non-hydrogen) atoms. The van der Waals surface area contributed by atoms with Gasteiger partial charge in [-0.15, -0.1) is 0 Å². The first-order valence-corrected chi connectivity index (χ1v) is 14.8. The molecule has 0 aliphatic rings. The van der Waals surface area contributed by atoms with E-state index in [1.165, 1.54) is 19.2 Å². The Hall–Kier alpha value is -4.32. The zero-order valence-corrected chi connectivity index (χ0v) is 25.8. The molecule has 0 aromatic heterocycles. The molecule has 2 aromatic rings. The van der Waals surface area contributed by atoms with Crippen LogP contribution in [-0.4, -0.2) is 63.4 Å². The number of methoxy groups -OCH3 is 1. The maximum absolute atomic E-state index is 12.6. The van der Waals surface area contributed by atoms with Crippen LogP contribution in [-0.2, 0) is 30.2 Å². The van der Waals surface area contributed by atoms with E-state index in [-0.39, 0.29) is 37.7 Å². The normalized spacial score (nSPS) is 11.9. The molecular weight excluding hydrogens is 574 g/mol. The maximum atomic E-state index is 12.6. The molecule has 0 aliphatic carbocycles. The standard InChI is InChI=1S/C32H43NO11/c1-5-7-12-18-39-30(35)43-27-17-16-24(21-28(27)44-31(36)40-19-13-8-6-2)20-26(29(34)38-4)33-22-23(3)41-32(37)42-25-14-10-9-11-15-25/h9-11,14-17,21,23,26,33H,5-8,12-13,18-20,22H2,1-4H3/t23?,26-/m0/s1. The molecule has 2 atom stereocenters. The van der Waals surface area contributed by atoms with Gasteiger partial charge in [0.15, 0.2) is 11.5 Å². The third-order valence-corrected chi connectivity index (χ3v) is 6.15. The highest BCUT2D eigenvalue weighted by molar-refractivity contribution is 5.76. The van der Waals surface area contributed by atoms with Crippen molar-refractivity contribution in [3.8, 4) is 17.2 Å². The highest BCUT2D eigenvalue weighted by Gasteiger charge is 2.23. The maximum Gasteiger partial charge on any atom is 0.514 e. The average molecular weight is 618 g/mol.